The van der Waals surface area contributed by atoms with Crippen LogP contribution in [0.15, 0.2) is 13.6 Å². The normalized spacial score (nSPS) is 21.7. The molecule has 1 atom stereocenters. The lowest BCUT2D eigenvalue weighted by Gasteiger charge is -2.32. The predicted octanol–water partition coefficient (Wildman–Crippen LogP) is 3.18. The summed E-state index contributed by atoms with van der Waals surface area (Å²) in [6.07, 6.45) is 0. The Morgan fingerprint density at radius 2 is 2.41 bits per heavy atom. The molecule has 0 amide bonds. The monoisotopic (exact) mass is 381 g/mol. The molecule has 1 saturated heterocycles. The second kappa shape index (κ2) is 5.93. The van der Waals surface area contributed by atoms with E-state index in [0.29, 0.717) is 25.8 Å². The molecule has 3 nitrogen and oxygen atoms in total. The van der Waals surface area contributed by atoms with E-state index in [1.807, 2.05) is 6.07 Å². The minimum atomic E-state index is 0.160. The Bertz CT molecular complexity index is 422. The third-order valence-corrected chi connectivity index (χ3v) is 5.15. The van der Waals surface area contributed by atoms with E-state index in [1.165, 1.54) is 11.3 Å². The number of hydrogen-bond acceptors (Lipinski definition) is 4. The Kier molecular flexibility index (Phi) is 4.77. The minimum Gasteiger partial charge on any atom is -0.379 e. The van der Waals surface area contributed by atoms with E-state index in [2.05, 4.69) is 43.7 Å². The first-order valence-electron chi connectivity index (χ1n) is 5.37. The highest BCUT2D eigenvalue weighted by molar-refractivity contribution is 9.12. The van der Waals surface area contributed by atoms with Crippen molar-refractivity contribution in [3.8, 4) is 0 Å². The summed E-state index contributed by atoms with van der Waals surface area (Å²) in [6, 6.07) is 2.19. The van der Waals surface area contributed by atoms with Crippen LogP contribution in [0, 0.1) is 0 Å². The van der Waals surface area contributed by atoms with Gasteiger partial charge in [-0.05, 0) is 44.8 Å². The molecule has 2 heterocycles. The molecule has 1 fully saturated rings. The van der Waals surface area contributed by atoms with Gasteiger partial charge < -0.3 is 4.74 Å². The van der Waals surface area contributed by atoms with Gasteiger partial charge in [0.15, 0.2) is 5.78 Å². The lowest BCUT2D eigenvalue weighted by Crippen LogP contribution is -2.45. The molecule has 1 aliphatic heterocycles. The standard InChI is InChI=1S/C11H13Br2NO2S/c1-7-6-16-3-2-14(7)5-9(15)8-4-10(12)17-11(8)13/h4,7H,2-3,5-6H2,1H3. The zero-order valence-electron chi connectivity index (χ0n) is 9.41. The smallest absolute Gasteiger partial charge is 0.178 e. The van der Waals surface area contributed by atoms with E-state index in [4.69, 9.17) is 4.74 Å². The lowest BCUT2D eigenvalue weighted by atomic mass is 10.2. The fourth-order valence-corrected chi connectivity index (χ4v) is 4.65. The van der Waals surface area contributed by atoms with Gasteiger partial charge in [-0.1, -0.05) is 0 Å². The predicted molar refractivity (Wildman–Crippen MR) is 75.9 cm³/mol. The molecule has 0 aromatic carbocycles. The zero-order chi connectivity index (χ0) is 12.4. The molecule has 94 valence electrons. The summed E-state index contributed by atoms with van der Waals surface area (Å²) in [5.41, 5.74) is 0.764. The number of thiophene rings is 1. The molecule has 0 saturated carbocycles. The van der Waals surface area contributed by atoms with Gasteiger partial charge >= 0.3 is 0 Å². The van der Waals surface area contributed by atoms with E-state index in [-0.39, 0.29) is 5.78 Å². The van der Waals surface area contributed by atoms with Gasteiger partial charge in [-0.25, -0.2) is 0 Å². The summed E-state index contributed by atoms with van der Waals surface area (Å²) >= 11 is 8.34. The summed E-state index contributed by atoms with van der Waals surface area (Å²) in [5, 5.41) is 0. The van der Waals surface area contributed by atoms with Crippen molar-refractivity contribution in [2.75, 3.05) is 26.3 Å². The maximum atomic E-state index is 12.2. The van der Waals surface area contributed by atoms with Gasteiger partial charge in [0.2, 0.25) is 0 Å². The molecule has 0 radical (unpaired) electrons. The van der Waals surface area contributed by atoms with Crippen molar-refractivity contribution in [2.24, 2.45) is 0 Å². The fourth-order valence-electron chi connectivity index (χ4n) is 1.80. The summed E-state index contributed by atoms with van der Waals surface area (Å²) in [6.45, 7) is 4.81. The second-order valence-electron chi connectivity index (χ2n) is 4.06. The van der Waals surface area contributed by atoms with Crippen molar-refractivity contribution in [1.29, 1.82) is 0 Å². The first-order valence-corrected chi connectivity index (χ1v) is 7.78. The molecule has 1 aromatic rings. The van der Waals surface area contributed by atoms with Crippen LogP contribution in [-0.4, -0.2) is 43.0 Å². The second-order valence-corrected chi connectivity index (χ2v) is 7.80. The molecular weight excluding hydrogens is 370 g/mol. The Morgan fingerprint density at radius 3 is 3.00 bits per heavy atom. The van der Waals surface area contributed by atoms with Crippen molar-refractivity contribution >= 4 is 49.0 Å². The Balaban J connectivity index is 2.03. The average Bonchev–Trinajstić information content (AvgIpc) is 2.61. The third kappa shape index (κ3) is 3.38. The number of carbonyl (C=O) groups excluding carboxylic acids is 1. The molecule has 0 N–H and O–H groups in total. The highest BCUT2D eigenvalue weighted by Gasteiger charge is 2.23. The lowest BCUT2D eigenvalue weighted by molar-refractivity contribution is 0.00200. The van der Waals surface area contributed by atoms with Crippen LogP contribution in [0.5, 0.6) is 0 Å². The molecule has 1 aliphatic rings. The topological polar surface area (TPSA) is 29.5 Å². The summed E-state index contributed by atoms with van der Waals surface area (Å²) in [5.74, 6) is 0.160. The highest BCUT2D eigenvalue weighted by Crippen LogP contribution is 2.32. The van der Waals surface area contributed by atoms with Crippen LogP contribution < -0.4 is 0 Å². The molecular formula is C11H13Br2NO2S. The zero-order valence-corrected chi connectivity index (χ0v) is 13.4. The van der Waals surface area contributed by atoms with E-state index in [0.717, 1.165) is 19.7 Å². The van der Waals surface area contributed by atoms with Gasteiger partial charge in [-0.15, -0.1) is 11.3 Å². The number of halogens is 2. The van der Waals surface area contributed by atoms with Crippen molar-refractivity contribution in [3.63, 3.8) is 0 Å². The number of Topliss-reactive ketones (excluding diaryl/α,β-unsaturated/α-hetero) is 1. The molecule has 17 heavy (non-hydrogen) atoms. The number of nitrogens with zero attached hydrogens (tertiary/aromatic N) is 1. The number of carbonyl (C=O) groups is 1. The van der Waals surface area contributed by atoms with E-state index in [9.17, 15) is 4.79 Å². The quantitative estimate of drug-likeness (QED) is 0.752. The number of ketones is 1. The van der Waals surface area contributed by atoms with Crippen LogP contribution in [0.4, 0.5) is 0 Å². The van der Waals surface area contributed by atoms with E-state index in [1.54, 1.807) is 0 Å². The van der Waals surface area contributed by atoms with Gasteiger partial charge in [0.25, 0.3) is 0 Å². The number of rotatable bonds is 3. The largest absolute Gasteiger partial charge is 0.379 e. The molecule has 1 unspecified atom stereocenters. The van der Waals surface area contributed by atoms with E-state index >= 15 is 0 Å². The summed E-state index contributed by atoms with van der Waals surface area (Å²) < 4.78 is 7.23. The first-order chi connectivity index (χ1) is 8.08. The number of ether oxygens (including phenoxy) is 1. The Hall–Kier alpha value is 0.250. The maximum Gasteiger partial charge on any atom is 0.178 e. The van der Waals surface area contributed by atoms with Crippen molar-refractivity contribution in [1.82, 2.24) is 4.90 Å². The molecule has 0 spiro atoms. The van der Waals surface area contributed by atoms with Gasteiger partial charge in [0, 0.05) is 18.2 Å². The molecule has 0 aliphatic carbocycles. The van der Waals surface area contributed by atoms with Gasteiger partial charge in [-0.2, -0.15) is 0 Å². The maximum absolute atomic E-state index is 12.2. The van der Waals surface area contributed by atoms with Gasteiger partial charge in [0.05, 0.1) is 27.3 Å². The van der Waals surface area contributed by atoms with Gasteiger partial charge in [-0.3, -0.25) is 9.69 Å². The van der Waals surface area contributed by atoms with Gasteiger partial charge in [0.1, 0.15) is 0 Å². The molecule has 2 rings (SSSR count). The van der Waals surface area contributed by atoms with Crippen LogP contribution in [0.2, 0.25) is 0 Å². The summed E-state index contributed by atoms with van der Waals surface area (Å²) in [7, 11) is 0. The molecule has 0 bridgehead atoms. The summed E-state index contributed by atoms with van der Waals surface area (Å²) in [4.78, 5) is 14.3. The molecule has 6 heteroatoms. The fraction of sp³-hybridized carbons (Fsp3) is 0.545. The first kappa shape index (κ1) is 13.7. The SMILES string of the molecule is CC1COCCN1CC(=O)c1cc(Br)sc1Br. The van der Waals surface area contributed by atoms with Crippen molar-refractivity contribution < 1.29 is 9.53 Å². The Morgan fingerprint density at radius 1 is 1.65 bits per heavy atom. The minimum absolute atomic E-state index is 0.160. The van der Waals surface area contributed by atoms with Crippen LogP contribution in [0.25, 0.3) is 0 Å². The van der Waals surface area contributed by atoms with Crippen LogP contribution in [-0.2, 0) is 4.74 Å². The van der Waals surface area contributed by atoms with Crippen LogP contribution in [0.3, 0.4) is 0 Å². The van der Waals surface area contributed by atoms with Crippen LogP contribution >= 0.6 is 43.2 Å². The number of morpholine rings is 1. The van der Waals surface area contributed by atoms with Crippen LogP contribution in [0.1, 0.15) is 17.3 Å². The average molecular weight is 383 g/mol. The highest BCUT2D eigenvalue weighted by atomic mass is 79.9. The van der Waals surface area contributed by atoms with E-state index < -0.39 is 0 Å². The third-order valence-electron chi connectivity index (χ3n) is 2.81. The molecule has 1 aromatic heterocycles. The van der Waals surface area contributed by atoms with Crippen molar-refractivity contribution in [3.05, 3.63) is 19.2 Å². The van der Waals surface area contributed by atoms with Crippen molar-refractivity contribution in [2.45, 2.75) is 13.0 Å². The Labute approximate surface area is 121 Å². The number of hydrogen-bond donors (Lipinski definition) is 0.